The lowest BCUT2D eigenvalue weighted by molar-refractivity contribution is 0.249. The monoisotopic (exact) mass is 338 g/mol. The summed E-state index contributed by atoms with van der Waals surface area (Å²) in [5.41, 5.74) is 0.567. The minimum Gasteiger partial charge on any atom is -0.204 e. The van der Waals surface area contributed by atoms with Crippen molar-refractivity contribution in [2.24, 2.45) is 11.8 Å². The number of rotatable bonds is 8. The van der Waals surface area contributed by atoms with E-state index in [9.17, 15) is 13.2 Å². The van der Waals surface area contributed by atoms with E-state index in [0.717, 1.165) is 24.5 Å². The predicted molar refractivity (Wildman–Crippen MR) is 93.4 cm³/mol. The van der Waals surface area contributed by atoms with Crippen LogP contribution in [0.25, 0.3) is 0 Å². The van der Waals surface area contributed by atoms with Crippen LogP contribution in [-0.4, -0.2) is 0 Å². The zero-order chi connectivity index (χ0) is 17.4. The topological polar surface area (TPSA) is 0 Å². The van der Waals surface area contributed by atoms with Crippen LogP contribution < -0.4 is 0 Å². The third kappa shape index (κ3) is 5.99. The molecule has 0 unspecified atom stereocenters. The highest BCUT2D eigenvalue weighted by Gasteiger charge is 2.21. The first kappa shape index (κ1) is 19.1. The molecule has 1 aliphatic rings. The molecule has 0 bridgehead atoms. The number of benzene rings is 1. The van der Waals surface area contributed by atoms with Gasteiger partial charge in [0.25, 0.3) is 0 Å². The van der Waals surface area contributed by atoms with Crippen molar-refractivity contribution in [2.75, 3.05) is 0 Å². The smallest absolute Gasteiger partial charge is 0.194 e. The maximum absolute atomic E-state index is 13.2. The van der Waals surface area contributed by atoms with E-state index in [1.165, 1.54) is 51.4 Å². The lowest BCUT2D eigenvalue weighted by atomic mass is 9.78. The summed E-state index contributed by atoms with van der Waals surface area (Å²) in [6.45, 7) is 2.07. The minimum atomic E-state index is -1.37. The number of aryl methyl sites for hydroxylation is 1. The van der Waals surface area contributed by atoms with E-state index < -0.39 is 17.5 Å². The van der Waals surface area contributed by atoms with E-state index in [0.29, 0.717) is 17.9 Å². The molecule has 0 heterocycles. The SMILES string of the molecule is C/C=C/CCCCC1CCC(CCc2cc(F)c(F)c(F)c2)CC1. The van der Waals surface area contributed by atoms with E-state index in [-0.39, 0.29) is 0 Å². The maximum Gasteiger partial charge on any atom is 0.194 e. The fourth-order valence-electron chi connectivity index (χ4n) is 3.79. The van der Waals surface area contributed by atoms with Crippen LogP contribution in [-0.2, 0) is 6.42 Å². The van der Waals surface area contributed by atoms with Crippen LogP contribution in [0.2, 0.25) is 0 Å². The van der Waals surface area contributed by atoms with E-state index in [1.807, 2.05) is 0 Å². The van der Waals surface area contributed by atoms with Gasteiger partial charge in [-0.15, -0.1) is 0 Å². The Hall–Kier alpha value is -1.25. The standard InChI is InChI=1S/C21H29F3/c1-2-3-4-5-6-7-16-8-10-17(11-9-16)12-13-18-14-19(22)21(24)20(23)15-18/h2-3,14-17H,4-13H2,1H3/b3-2+. The van der Waals surface area contributed by atoms with Crippen LogP contribution in [0.5, 0.6) is 0 Å². The summed E-state index contributed by atoms with van der Waals surface area (Å²) >= 11 is 0. The number of unbranched alkanes of at least 4 members (excludes halogenated alkanes) is 2. The van der Waals surface area contributed by atoms with Crippen molar-refractivity contribution in [3.8, 4) is 0 Å². The Morgan fingerprint density at radius 3 is 2.08 bits per heavy atom. The van der Waals surface area contributed by atoms with Gasteiger partial charge in [-0.2, -0.15) is 0 Å². The molecule has 0 radical (unpaired) electrons. The summed E-state index contributed by atoms with van der Waals surface area (Å²) in [6.07, 6.45) is 16.0. The molecule has 1 saturated carbocycles. The number of allylic oxidation sites excluding steroid dienone is 2. The quantitative estimate of drug-likeness (QED) is 0.272. The second-order valence-corrected chi connectivity index (χ2v) is 7.15. The van der Waals surface area contributed by atoms with Crippen LogP contribution in [0.3, 0.4) is 0 Å². The Bertz CT molecular complexity index is 505. The Balaban J connectivity index is 1.66. The van der Waals surface area contributed by atoms with Gasteiger partial charge in [-0.3, -0.25) is 0 Å². The van der Waals surface area contributed by atoms with Gasteiger partial charge in [0.05, 0.1) is 0 Å². The molecular weight excluding hydrogens is 309 g/mol. The summed E-state index contributed by atoms with van der Waals surface area (Å²) in [5, 5.41) is 0. The number of halogens is 3. The van der Waals surface area contributed by atoms with Crippen molar-refractivity contribution in [3.63, 3.8) is 0 Å². The van der Waals surface area contributed by atoms with E-state index in [4.69, 9.17) is 0 Å². The first-order valence-electron chi connectivity index (χ1n) is 9.34. The van der Waals surface area contributed by atoms with Crippen molar-refractivity contribution in [3.05, 3.63) is 47.3 Å². The van der Waals surface area contributed by atoms with Crippen molar-refractivity contribution in [1.29, 1.82) is 0 Å². The predicted octanol–water partition coefficient (Wildman–Crippen LogP) is 6.98. The van der Waals surface area contributed by atoms with Crippen molar-refractivity contribution in [2.45, 2.75) is 71.1 Å². The molecule has 0 aliphatic heterocycles. The summed E-state index contributed by atoms with van der Waals surface area (Å²) in [4.78, 5) is 0. The van der Waals surface area contributed by atoms with E-state index in [1.54, 1.807) is 0 Å². The molecule has 0 nitrogen and oxygen atoms in total. The molecule has 24 heavy (non-hydrogen) atoms. The van der Waals surface area contributed by atoms with Crippen molar-refractivity contribution in [1.82, 2.24) is 0 Å². The highest BCUT2D eigenvalue weighted by atomic mass is 19.2. The molecule has 0 N–H and O–H groups in total. The summed E-state index contributed by atoms with van der Waals surface area (Å²) in [7, 11) is 0. The fourth-order valence-corrected chi connectivity index (χ4v) is 3.79. The van der Waals surface area contributed by atoms with Gasteiger partial charge >= 0.3 is 0 Å². The average Bonchev–Trinajstić information content (AvgIpc) is 2.58. The largest absolute Gasteiger partial charge is 0.204 e. The molecular formula is C21H29F3. The van der Waals surface area contributed by atoms with Gasteiger partial charge in [-0.1, -0.05) is 50.7 Å². The molecule has 1 aromatic carbocycles. The lowest BCUT2D eigenvalue weighted by Crippen LogP contribution is -2.15. The van der Waals surface area contributed by atoms with Gasteiger partial charge < -0.3 is 0 Å². The molecule has 2 rings (SSSR count). The minimum absolute atomic E-state index is 0.567. The van der Waals surface area contributed by atoms with Crippen molar-refractivity contribution < 1.29 is 13.2 Å². The Labute approximate surface area is 144 Å². The maximum atomic E-state index is 13.2. The van der Waals surface area contributed by atoms with Crippen LogP contribution in [0.15, 0.2) is 24.3 Å². The summed E-state index contributed by atoms with van der Waals surface area (Å²) in [5.74, 6) is -2.03. The highest BCUT2D eigenvalue weighted by molar-refractivity contribution is 5.19. The first-order chi connectivity index (χ1) is 11.6. The van der Waals surface area contributed by atoms with Crippen molar-refractivity contribution >= 4 is 0 Å². The zero-order valence-electron chi connectivity index (χ0n) is 14.7. The number of hydrogen-bond acceptors (Lipinski definition) is 0. The average molecular weight is 338 g/mol. The molecule has 0 aromatic heterocycles. The zero-order valence-corrected chi connectivity index (χ0v) is 14.7. The molecule has 1 aromatic rings. The van der Waals surface area contributed by atoms with Gasteiger partial charge in [0.15, 0.2) is 17.5 Å². The molecule has 0 saturated heterocycles. The Morgan fingerprint density at radius 1 is 0.917 bits per heavy atom. The van der Waals surface area contributed by atoms with Crippen LogP contribution in [0.1, 0.15) is 70.3 Å². The number of hydrogen-bond donors (Lipinski definition) is 0. The fraction of sp³-hybridized carbons (Fsp3) is 0.619. The van der Waals surface area contributed by atoms with Gasteiger partial charge in [0.2, 0.25) is 0 Å². The Morgan fingerprint density at radius 2 is 1.50 bits per heavy atom. The first-order valence-corrected chi connectivity index (χ1v) is 9.34. The van der Waals surface area contributed by atoms with Gasteiger partial charge in [-0.05, 0) is 62.1 Å². The second-order valence-electron chi connectivity index (χ2n) is 7.15. The van der Waals surface area contributed by atoms with Crippen LogP contribution in [0, 0.1) is 29.3 Å². The molecule has 0 atom stereocenters. The third-order valence-electron chi connectivity index (χ3n) is 5.32. The molecule has 0 amide bonds. The van der Waals surface area contributed by atoms with Gasteiger partial charge in [0.1, 0.15) is 0 Å². The van der Waals surface area contributed by atoms with Gasteiger partial charge in [0, 0.05) is 0 Å². The van der Waals surface area contributed by atoms with Gasteiger partial charge in [-0.25, -0.2) is 13.2 Å². The summed E-state index contributed by atoms with van der Waals surface area (Å²) < 4.78 is 39.4. The van der Waals surface area contributed by atoms with E-state index >= 15 is 0 Å². The molecule has 134 valence electrons. The third-order valence-corrected chi connectivity index (χ3v) is 5.32. The van der Waals surface area contributed by atoms with Crippen LogP contribution in [0.4, 0.5) is 13.2 Å². The molecule has 3 heteroatoms. The normalized spacial score (nSPS) is 21.5. The molecule has 0 spiro atoms. The second kappa shape index (κ2) is 9.90. The molecule has 1 aliphatic carbocycles. The lowest BCUT2D eigenvalue weighted by Gasteiger charge is -2.28. The van der Waals surface area contributed by atoms with E-state index in [2.05, 4.69) is 19.1 Å². The Kier molecular flexibility index (Phi) is 7.87. The summed E-state index contributed by atoms with van der Waals surface area (Å²) in [6, 6.07) is 2.27. The van der Waals surface area contributed by atoms with Crippen LogP contribution >= 0.6 is 0 Å². The highest BCUT2D eigenvalue weighted by Crippen LogP contribution is 2.34. The molecule has 1 fully saturated rings.